The summed E-state index contributed by atoms with van der Waals surface area (Å²) < 4.78 is 4.96. The lowest BCUT2D eigenvalue weighted by Crippen LogP contribution is -2.33. The molecule has 3 N–H and O–H groups in total. The number of methoxy groups -OCH3 is 1. The van der Waals surface area contributed by atoms with Crippen molar-refractivity contribution in [3.63, 3.8) is 0 Å². The number of nitrogens with zero attached hydrogens (tertiary/aromatic N) is 1. The highest BCUT2D eigenvalue weighted by atomic mass is 16.5. The molecule has 1 unspecified atom stereocenters. The molecule has 4 nitrogen and oxygen atoms in total. The van der Waals surface area contributed by atoms with Crippen molar-refractivity contribution in [2.45, 2.75) is 25.8 Å². The van der Waals surface area contributed by atoms with Crippen molar-refractivity contribution in [1.82, 2.24) is 4.90 Å². The number of amidine groups is 1. The average Bonchev–Trinajstić information content (AvgIpc) is 2.03. The van der Waals surface area contributed by atoms with Crippen LogP contribution in [0.1, 0.15) is 19.8 Å². The molecule has 0 fully saturated rings. The topological polar surface area (TPSA) is 62.3 Å². The summed E-state index contributed by atoms with van der Waals surface area (Å²) in [5.41, 5.74) is 5.32. The Labute approximate surface area is 80.6 Å². The van der Waals surface area contributed by atoms with E-state index in [1.807, 2.05) is 7.05 Å². The summed E-state index contributed by atoms with van der Waals surface area (Å²) >= 11 is 0. The first-order chi connectivity index (χ1) is 6.07. The van der Waals surface area contributed by atoms with Gasteiger partial charge < -0.3 is 15.4 Å². The summed E-state index contributed by atoms with van der Waals surface area (Å²) in [5, 5.41) is 7.16. The number of hydrogen-bond donors (Lipinski definition) is 2. The molecule has 13 heavy (non-hydrogen) atoms. The van der Waals surface area contributed by atoms with Crippen molar-refractivity contribution in [2.75, 3.05) is 27.3 Å². The fraction of sp³-hybridized carbons (Fsp3) is 0.889. The largest absolute Gasteiger partial charge is 0.388 e. The maximum absolute atomic E-state index is 7.16. The summed E-state index contributed by atoms with van der Waals surface area (Å²) in [7, 11) is 3.75. The van der Waals surface area contributed by atoms with Crippen LogP contribution in [0.2, 0.25) is 0 Å². The Hall–Kier alpha value is -0.610. The second kappa shape index (κ2) is 6.86. The van der Waals surface area contributed by atoms with E-state index in [-0.39, 0.29) is 5.84 Å². The van der Waals surface area contributed by atoms with Crippen LogP contribution < -0.4 is 5.73 Å². The third-order valence-electron chi connectivity index (χ3n) is 2.13. The fourth-order valence-corrected chi connectivity index (χ4v) is 1.15. The van der Waals surface area contributed by atoms with Crippen molar-refractivity contribution in [3.05, 3.63) is 0 Å². The van der Waals surface area contributed by atoms with E-state index in [0.29, 0.717) is 12.5 Å². The Balaban J connectivity index is 3.56. The molecule has 0 saturated heterocycles. The van der Waals surface area contributed by atoms with Gasteiger partial charge in [0.15, 0.2) is 0 Å². The van der Waals surface area contributed by atoms with Gasteiger partial charge in [-0.1, -0.05) is 0 Å². The van der Waals surface area contributed by atoms with Crippen molar-refractivity contribution in [2.24, 2.45) is 5.73 Å². The second-order valence-electron chi connectivity index (χ2n) is 3.41. The predicted octanol–water partition coefficient (Wildman–Crippen LogP) is 0.669. The minimum Gasteiger partial charge on any atom is -0.388 e. The highest BCUT2D eigenvalue weighted by molar-refractivity contribution is 5.77. The molecule has 0 aromatic carbocycles. The van der Waals surface area contributed by atoms with Gasteiger partial charge in [-0.25, -0.2) is 0 Å². The van der Waals surface area contributed by atoms with Crippen LogP contribution in [0, 0.1) is 5.41 Å². The quantitative estimate of drug-likeness (QED) is 0.350. The van der Waals surface area contributed by atoms with E-state index < -0.39 is 0 Å². The Morgan fingerprint density at radius 3 is 2.69 bits per heavy atom. The highest BCUT2D eigenvalue weighted by Crippen LogP contribution is 2.01. The average molecular weight is 187 g/mol. The van der Waals surface area contributed by atoms with Crippen molar-refractivity contribution in [3.8, 4) is 0 Å². The molecule has 0 bridgehead atoms. The minimum absolute atomic E-state index is 0.256. The molecule has 0 heterocycles. The maximum atomic E-state index is 7.16. The van der Waals surface area contributed by atoms with Crippen LogP contribution in [0.5, 0.6) is 0 Å². The zero-order valence-corrected chi connectivity index (χ0v) is 8.84. The summed E-state index contributed by atoms with van der Waals surface area (Å²) in [5.74, 6) is 0.256. The molecule has 0 rings (SSSR count). The van der Waals surface area contributed by atoms with Crippen LogP contribution in [0.3, 0.4) is 0 Å². The van der Waals surface area contributed by atoms with Gasteiger partial charge in [0.05, 0.1) is 5.84 Å². The Bertz CT molecular complexity index is 150. The smallest absolute Gasteiger partial charge is 0.0920 e. The third-order valence-corrected chi connectivity index (χ3v) is 2.13. The van der Waals surface area contributed by atoms with Crippen molar-refractivity contribution >= 4 is 5.84 Å². The molecular formula is C9H21N3O. The van der Waals surface area contributed by atoms with Gasteiger partial charge in [0.1, 0.15) is 0 Å². The van der Waals surface area contributed by atoms with E-state index in [9.17, 15) is 0 Å². The van der Waals surface area contributed by atoms with Gasteiger partial charge >= 0.3 is 0 Å². The van der Waals surface area contributed by atoms with E-state index in [1.54, 1.807) is 7.11 Å². The highest BCUT2D eigenvalue weighted by Gasteiger charge is 2.09. The van der Waals surface area contributed by atoms with Crippen LogP contribution >= 0.6 is 0 Å². The lowest BCUT2D eigenvalue weighted by molar-refractivity contribution is 0.169. The molecule has 4 heteroatoms. The number of hydrogen-bond acceptors (Lipinski definition) is 3. The first-order valence-electron chi connectivity index (χ1n) is 4.60. The van der Waals surface area contributed by atoms with Crippen LogP contribution in [0.15, 0.2) is 0 Å². The van der Waals surface area contributed by atoms with Gasteiger partial charge in [0.25, 0.3) is 0 Å². The third kappa shape index (κ3) is 6.54. The molecule has 0 spiro atoms. The van der Waals surface area contributed by atoms with Crippen LogP contribution in [0.25, 0.3) is 0 Å². The first kappa shape index (κ1) is 12.4. The number of rotatable bonds is 7. The molecule has 0 saturated carbocycles. The van der Waals surface area contributed by atoms with Gasteiger partial charge in [-0.3, -0.25) is 5.41 Å². The fourth-order valence-electron chi connectivity index (χ4n) is 1.15. The van der Waals surface area contributed by atoms with E-state index in [2.05, 4.69) is 11.8 Å². The van der Waals surface area contributed by atoms with Gasteiger partial charge in [0, 0.05) is 32.7 Å². The molecule has 0 aromatic heterocycles. The summed E-state index contributed by atoms with van der Waals surface area (Å²) in [6.45, 7) is 3.85. The predicted molar refractivity (Wildman–Crippen MR) is 55.1 cm³/mol. The molecule has 0 aliphatic carbocycles. The van der Waals surface area contributed by atoms with E-state index in [4.69, 9.17) is 15.9 Å². The molecule has 1 atom stereocenters. The van der Waals surface area contributed by atoms with E-state index in [1.165, 1.54) is 0 Å². The standard InChI is InChI=1S/C9H21N3O/c1-8(7-9(10)11)12(2)5-4-6-13-3/h8H,4-7H2,1-3H3,(H3,10,11). The van der Waals surface area contributed by atoms with Gasteiger partial charge in [-0.05, 0) is 20.4 Å². The van der Waals surface area contributed by atoms with Crippen LogP contribution in [-0.2, 0) is 4.74 Å². The maximum Gasteiger partial charge on any atom is 0.0920 e. The second-order valence-corrected chi connectivity index (χ2v) is 3.41. The SMILES string of the molecule is COCCCN(C)C(C)CC(=N)N. The van der Waals surface area contributed by atoms with Gasteiger partial charge in [-0.2, -0.15) is 0 Å². The number of ether oxygens (including phenoxy) is 1. The number of nitrogens with two attached hydrogens (primary N) is 1. The Kier molecular flexibility index (Phi) is 6.54. The van der Waals surface area contributed by atoms with E-state index in [0.717, 1.165) is 19.6 Å². The molecule has 0 amide bonds. The molecule has 0 radical (unpaired) electrons. The summed E-state index contributed by atoms with van der Waals surface area (Å²) in [4.78, 5) is 2.19. The molecule has 0 aliphatic heterocycles. The van der Waals surface area contributed by atoms with Crippen LogP contribution in [-0.4, -0.2) is 44.1 Å². The lowest BCUT2D eigenvalue weighted by Gasteiger charge is -2.23. The molecule has 78 valence electrons. The first-order valence-corrected chi connectivity index (χ1v) is 4.60. The summed E-state index contributed by atoms with van der Waals surface area (Å²) in [6.07, 6.45) is 1.67. The lowest BCUT2D eigenvalue weighted by atomic mass is 10.2. The molecule has 0 aromatic rings. The van der Waals surface area contributed by atoms with Gasteiger partial charge in [-0.15, -0.1) is 0 Å². The normalized spacial score (nSPS) is 13.2. The van der Waals surface area contributed by atoms with E-state index >= 15 is 0 Å². The Morgan fingerprint density at radius 2 is 2.23 bits per heavy atom. The Morgan fingerprint density at radius 1 is 1.62 bits per heavy atom. The minimum atomic E-state index is 0.256. The monoisotopic (exact) mass is 187 g/mol. The van der Waals surface area contributed by atoms with Gasteiger partial charge in [0.2, 0.25) is 0 Å². The van der Waals surface area contributed by atoms with Crippen molar-refractivity contribution in [1.29, 1.82) is 5.41 Å². The molecular weight excluding hydrogens is 166 g/mol. The summed E-state index contributed by atoms with van der Waals surface area (Å²) in [6, 6.07) is 0.342. The number of nitrogens with one attached hydrogen (secondary N) is 1. The van der Waals surface area contributed by atoms with Crippen molar-refractivity contribution < 1.29 is 4.74 Å². The van der Waals surface area contributed by atoms with Crippen LogP contribution in [0.4, 0.5) is 0 Å². The zero-order chi connectivity index (χ0) is 10.3. The molecule has 0 aliphatic rings. The zero-order valence-electron chi connectivity index (χ0n) is 8.84.